The predicted octanol–water partition coefficient (Wildman–Crippen LogP) is 2.54. The Kier molecular flexibility index (Phi) is 6.01. The van der Waals surface area contributed by atoms with Gasteiger partial charge in [0.15, 0.2) is 9.84 Å². The molecule has 1 aromatic rings. The summed E-state index contributed by atoms with van der Waals surface area (Å²) in [7, 11) is -3.38. The van der Waals surface area contributed by atoms with E-state index in [1.54, 1.807) is 25.1 Å². The number of nitrogens with one attached hydrogen (secondary N) is 1. The molecule has 0 radical (unpaired) electrons. The normalized spacial score (nSPS) is 12.9. The quantitative estimate of drug-likeness (QED) is 0.770. The molecular formula is C14H21NO4S. The molecule has 6 heteroatoms. The smallest absolute Gasteiger partial charge is 0.326 e. The molecule has 0 aromatic heterocycles. The maximum atomic E-state index is 12.0. The Labute approximate surface area is 119 Å². The number of hydrogen-bond acceptors (Lipinski definition) is 4. The van der Waals surface area contributed by atoms with Gasteiger partial charge in [-0.25, -0.2) is 13.2 Å². The highest BCUT2D eigenvalue weighted by atomic mass is 32.2. The van der Waals surface area contributed by atoms with Gasteiger partial charge in [-0.3, -0.25) is 0 Å². The zero-order valence-electron chi connectivity index (χ0n) is 11.8. The van der Waals surface area contributed by atoms with E-state index in [0.717, 1.165) is 12.8 Å². The Hall–Kier alpha value is -1.56. The number of benzene rings is 1. The molecule has 2 N–H and O–H groups in total. The van der Waals surface area contributed by atoms with Crippen LogP contribution < -0.4 is 5.32 Å². The minimum absolute atomic E-state index is 0.0155. The molecule has 1 aromatic carbocycles. The Bertz CT molecular complexity index is 554. The van der Waals surface area contributed by atoms with Crippen LogP contribution in [0.25, 0.3) is 0 Å². The number of carbonyl (C=O) groups is 1. The fraction of sp³-hybridized carbons (Fsp3) is 0.500. The van der Waals surface area contributed by atoms with Gasteiger partial charge in [0.2, 0.25) is 0 Å². The van der Waals surface area contributed by atoms with Crippen LogP contribution >= 0.6 is 0 Å². The third-order valence-corrected chi connectivity index (χ3v) is 4.86. The number of hydrogen-bond donors (Lipinski definition) is 2. The molecule has 20 heavy (non-hydrogen) atoms. The molecule has 112 valence electrons. The highest BCUT2D eigenvalue weighted by molar-refractivity contribution is 7.91. The first kappa shape index (κ1) is 16.5. The van der Waals surface area contributed by atoms with Gasteiger partial charge >= 0.3 is 5.97 Å². The fourth-order valence-electron chi connectivity index (χ4n) is 1.87. The highest BCUT2D eigenvalue weighted by Gasteiger charge is 2.21. The standard InChI is InChI=1S/C14H21NO4S/c1-3-5-8-12(14(16)17)15-11-9-6-7-10-13(11)20(18,19)4-2/h6-7,9-10,12,15H,3-5,8H2,1-2H3,(H,16,17). The minimum Gasteiger partial charge on any atom is -0.480 e. The van der Waals surface area contributed by atoms with Crippen molar-refractivity contribution < 1.29 is 18.3 Å². The lowest BCUT2D eigenvalue weighted by atomic mass is 10.1. The SMILES string of the molecule is CCCCC(Nc1ccccc1S(=O)(=O)CC)C(=O)O. The number of para-hydroxylation sites is 1. The third-order valence-electron chi connectivity index (χ3n) is 3.08. The van der Waals surface area contributed by atoms with E-state index >= 15 is 0 Å². The Morgan fingerprint density at radius 1 is 1.30 bits per heavy atom. The maximum absolute atomic E-state index is 12.0. The van der Waals surface area contributed by atoms with Crippen LogP contribution in [-0.4, -0.2) is 31.3 Å². The molecule has 0 aliphatic carbocycles. The van der Waals surface area contributed by atoms with Crippen LogP contribution in [0.5, 0.6) is 0 Å². The zero-order chi connectivity index (χ0) is 15.2. The van der Waals surface area contributed by atoms with Crippen LogP contribution in [0.4, 0.5) is 5.69 Å². The van der Waals surface area contributed by atoms with Crippen molar-refractivity contribution in [2.75, 3.05) is 11.1 Å². The van der Waals surface area contributed by atoms with Gasteiger partial charge in [-0.15, -0.1) is 0 Å². The number of rotatable bonds is 8. The number of carboxylic acids is 1. The van der Waals surface area contributed by atoms with Gasteiger partial charge in [0.05, 0.1) is 16.3 Å². The molecule has 0 spiro atoms. The van der Waals surface area contributed by atoms with Crippen LogP contribution in [0.15, 0.2) is 29.2 Å². The molecule has 0 amide bonds. The predicted molar refractivity (Wildman–Crippen MR) is 78.7 cm³/mol. The van der Waals surface area contributed by atoms with Crippen LogP contribution in [0, 0.1) is 0 Å². The van der Waals surface area contributed by atoms with E-state index in [1.807, 2.05) is 6.92 Å². The summed E-state index contributed by atoms with van der Waals surface area (Å²) >= 11 is 0. The molecular weight excluding hydrogens is 278 g/mol. The number of aliphatic carboxylic acids is 1. The number of anilines is 1. The van der Waals surface area contributed by atoms with E-state index in [-0.39, 0.29) is 10.6 Å². The molecule has 0 fully saturated rings. The van der Waals surface area contributed by atoms with E-state index in [4.69, 9.17) is 0 Å². The number of unbranched alkanes of at least 4 members (excludes halogenated alkanes) is 1. The Morgan fingerprint density at radius 3 is 2.50 bits per heavy atom. The number of carboxylic acid groups (broad SMARTS) is 1. The van der Waals surface area contributed by atoms with E-state index in [9.17, 15) is 18.3 Å². The zero-order valence-corrected chi connectivity index (χ0v) is 12.6. The highest BCUT2D eigenvalue weighted by Crippen LogP contribution is 2.23. The van der Waals surface area contributed by atoms with Gasteiger partial charge in [0, 0.05) is 0 Å². The van der Waals surface area contributed by atoms with Crippen molar-refractivity contribution >= 4 is 21.5 Å². The molecule has 0 aliphatic heterocycles. The summed E-state index contributed by atoms with van der Waals surface area (Å²) in [6, 6.07) is 5.65. The van der Waals surface area contributed by atoms with Gasteiger partial charge in [-0.05, 0) is 18.6 Å². The average Bonchev–Trinajstić information content (AvgIpc) is 2.43. The van der Waals surface area contributed by atoms with Gasteiger partial charge < -0.3 is 10.4 Å². The van der Waals surface area contributed by atoms with Crippen molar-refractivity contribution in [3.05, 3.63) is 24.3 Å². The van der Waals surface area contributed by atoms with Crippen molar-refractivity contribution in [1.29, 1.82) is 0 Å². The second-order valence-electron chi connectivity index (χ2n) is 4.58. The van der Waals surface area contributed by atoms with Crippen molar-refractivity contribution in [1.82, 2.24) is 0 Å². The Morgan fingerprint density at radius 2 is 1.95 bits per heavy atom. The summed E-state index contributed by atoms with van der Waals surface area (Å²) in [5.41, 5.74) is 0.359. The largest absolute Gasteiger partial charge is 0.480 e. The Balaban J connectivity index is 3.05. The van der Waals surface area contributed by atoms with Gasteiger partial charge in [-0.1, -0.05) is 38.8 Å². The lowest BCUT2D eigenvalue weighted by Gasteiger charge is -2.18. The molecule has 0 bridgehead atoms. The van der Waals surface area contributed by atoms with Gasteiger partial charge in [0.1, 0.15) is 6.04 Å². The van der Waals surface area contributed by atoms with E-state index < -0.39 is 21.8 Å². The summed E-state index contributed by atoms with van der Waals surface area (Å²) in [4.78, 5) is 11.4. The monoisotopic (exact) mass is 299 g/mol. The molecule has 0 saturated carbocycles. The summed E-state index contributed by atoms with van der Waals surface area (Å²) in [5, 5.41) is 12.0. The van der Waals surface area contributed by atoms with E-state index in [2.05, 4.69) is 5.32 Å². The molecule has 0 heterocycles. The van der Waals surface area contributed by atoms with Crippen molar-refractivity contribution in [2.45, 2.75) is 44.0 Å². The molecule has 1 rings (SSSR count). The van der Waals surface area contributed by atoms with Crippen molar-refractivity contribution in [2.24, 2.45) is 0 Å². The van der Waals surface area contributed by atoms with Crippen LogP contribution in [0.1, 0.15) is 33.1 Å². The maximum Gasteiger partial charge on any atom is 0.326 e. The minimum atomic E-state index is -3.38. The first-order valence-corrected chi connectivity index (χ1v) is 8.38. The molecule has 1 unspecified atom stereocenters. The summed E-state index contributed by atoms with van der Waals surface area (Å²) < 4.78 is 24.0. The first-order valence-electron chi connectivity index (χ1n) is 6.73. The fourth-order valence-corrected chi connectivity index (χ4v) is 2.92. The summed E-state index contributed by atoms with van der Waals surface area (Å²) in [6.07, 6.45) is 2.12. The van der Waals surface area contributed by atoms with Crippen LogP contribution in [0.2, 0.25) is 0 Å². The lowest BCUT2D eigenvalue weighted by Crippen LogP contribution is -2.29. The average molecular weight is 299 g/mol. The second kappa shape index (κ2) is 7.28. The van der Waals surface area contributed by atoms with Crippen LogP contribution in [-0.2, 0) is 14.6 Å². The van der Waals surface area contributed by atoms with Crippen molar-refractivity contribution in [3.63, 3.8) is 0 Å². The second-order valence-corrected chi connectivity index (χ2v) is 6.82. The molecule has 0 saturated heterocycles. The molecule has 1 atom stereocenters. The van der Waals surface area contributed by atoms with Crippen LogP contribution in [0.3, 0.4) is 0 Å². The van der Waals surface area contributed by atoms with Gasteiger partial charge in [0.25, 0.3) is 0 Å². The van der Waals surface area contributed by atoms with Gasteiger partial charge in [-0.2, -0.15) is 0 Å². The third kappa shape index (κ3) is 4.23. The lowest BCUT2D eigenvalue weighted by molar-refractivity contribution is -0.138. The topological polar surface area (TPSA) is 83.5 Å². The van der Waals surface area contributed by atoms with Crippen molar-refractivity contribution in [3.8, 4) is 0 Å². The molecule has 5 nitrogen and oxygen atoms in total. The summed E-state index contributed by atoms with van der Waals surface area (Å²) in [6.45, 7) is 3.55. The van der Waals surface area contributed by atoms with E-state index in [0.29, 0.717) is 12.1 Å². The van der Waals surface area contributed by atoms with E-state index in [1.165, 1.54) is 6.07 Å². The number of sulfone groups is 1. The first-order chi connectivity index (χ1) is 9.42. The molecule has 0 aliphatic rings. The summed E-state index contributed by atoms with van der Waals surface area (Å²) in [5.74, 6) is -0.986.